The zero-order chi connectivity index (χ0) is 27.1. The van der Waals surface area contributed by atoms with Crippen molar-refractivity contribution in [3.05, 3.63) is 62.8 Å². The minimum Gasteiger partial charge on any atom is -0.477 e. The predicted molar refractivity (Wildman–Crippen MR) is 145 cm³/mol. The van der Waals surface area contributed by atoms with Crippen LogP contribution in [0.3, 0.4) is 0 Å². The van der Waals surface area contributed by atoms with E-state index in [0.717, 1.165) is 11.2 Å². The predicted octanol–water partition coefficient (Wildman–Crippen LogP) is 3.03. The van der Waals surface area contributed by atoms with Crippen LogP contribution in [-0.2, 0) is 20.9 Å². The number of anilines is 1. The van der Waals surface area contributed by atoms with E-state index < -0.39 is 24.0 Å². The first-order valence-electron chi connectivity index (χ1n) is 12.5. The van der Waals surface area contributed by atoms with Crippen LogP contribution in [0.25, 0.3) is 0 Å². The van der Waals surface area contributed by atoms with E-state index in [1.807, 2.05) is 24.4 Å². The van der Waals surface area contributed by atoms with Gasteiger partial charge >= 0.3 is 5.97 Å². The van der Waals surface area contributed by atoms with Crippen molar-refractivity contribution in [3.63, 3.8) is 0 Å². The van der Waals surface area contributed by atoms with Crippen molar-refractivity contribution in [2.75, 3.05) is 11.9 Å². The Morgan fingerprint density at radius 2 is 2.08 bits per heavy atom. The first-order valence-corrected chi connectivity index (χ1v) is 14.2. The molecule has 3 N–H and O–H groups in total. The van der Waals surface area contributed by atoms with Gasteiger partial charge < -0.3 is 20.4 Å². The van der Waals surface area contributed by atoms with Gasteiger partial charge in [0.25, 0.3) is 0 Å². The third-order valence-corrected chi connectivity index (χ3v) is 9.86. The number of carbonyl (C=O) groups excluding carboxylic acids is 3. The van der Waals surface area contributed by atoms with Gasteiger partial charge in [-0.2, -0.15) is 0 Å². The van der Waals surface area contributed by atoms with Gasteiger partial charge in [-0.3, -0.25) is 19.3 Å². The highest BCUT2D eigenvalue weighted by molar-refractivity contribution is 8.03. The summed E-state index contributed by atoms with van der Waals surface area (Å²) in [5, 5.41) is 25.0. The largest absolute Gasteiger partial charge is 0.477 e. The average Bonchev–Trinajstić information content (AvgIpc) is 3.58. The van der Waals surface area contributed by atoms with Gasteiger partial charge in [-0.15, -0.1) is 23.1 Å². The number of β-lactam (4-membered cyclic amide) rings is 1. The summed E-state index contributed by atoms with van der Waals surface area (Å²) in [5.74, 6) is -2.54. The van der Waals surface area contributed by atoms with Crippen LogP contribution in [-0.4, -0.2) is 74.1 Å². The second-order valence-electron chi connectivity index (χ2n) is 10.0. The Labute approximate surface area is 228 Å². The minimum atomic E-state index is -1.16. The van der Waals surface area contributed by atoms with Crippen molar-refractivity contribution in [3.8, 4) is 0 Å². The van der Waals surface area contributed by atoms with Gasteiger partial charge in [0.15, 0.2) is 0 Å². The highest BCUT2D eigenvalue weighted by Gasteiger charge is 2.60. The minimum absolute atomic E-state index is 0.00205. The second kappa shape index (κ2) is 10.6. The Kier molecular flexibility index (Phi) is 7.45. The summed E-state index contributed by atoms with van der Waals surface area (Å²) in [5.41, 5.74) is 1.01. The second-order valence-corrected chi connectivity index (χ2v) is 12.4. The number of aliphatic carboxylic acids is 1. The molecule has 3 aliphatic heterocycles. The number of carbonyl (C=O) groups is 4. The molecule has 0 aliphatic carbocycles. The number of amides is 2. The standard InChI is InChI=1S/C27H29N3O6S2/c1-14-22-21(15(2)32)26(34)30(22)23(27(35)36)24(14)38-19-10-20(29(12-19)11-18-7-4-8-37-18)25(33)28-17-6-3-5-16(9-17)13-31/h3-9,13-15,19-22,32H,10-12H2,1-2H3,(H,28,33)(H,35,36)/t14-,15-,19+,20+,21-,22-/m1/s1. The molecule has 2 amide bonds. The molecule has 9 nitrogen and oxygen atoms in total. The summed E-state index contributed by atoms with van der Waals surface area (Å²) in [4.78, 5) is 54.7. The molecule has 0 unspecified atom stereocenters. The molecule has 11 heteroatoms. The summed E-state index contributed by atoms with van der Waals surface area (Å²) in [6.45, 7) is 4.61. The van der Waals surface area contributed by atoms with Gasteiger partial charge in [-0.25, -0.2) is 4.79 Å². The Morgan fingerprint density at radius 3 is 2.74 bits per heavy atom. The molecular formula is C27H29N3O6S2. The maximum Gasteiger partial charge on any atom is 0.353 e. The number of carboxylic acids is 1. The molecule has 2 fully saturated rings. The van der Waals surface area contributed by atoms with Gasteiger partial charge in [0.05, 0.1) is 24.1 Å². The van der Waals surface area contributed by atoms with Crippen LogP contribution in [0.5, 0.6) is 0 Å². The fraction of sp³-hybridized carbons (Fsp3) is 0.407. The average molecular weight is 556 g/mol. The smallest absolute Gasteiger partial charge is 0.353 e. The van der Waals surface area contributed by atoms with E-state index in [0.29, 0.717) is 35.7 Å². The van der Waals surface area contributed by atoms with Crippen LogP contribution in [0.15, 0.2) is 52.4 Å². The number of fused-ring (bicyclic) bond motifs is 1. The van der Waals surface area contributed by atoms with E-state index in [2.05, 4.69) is 10.2 Å². The topological polar surface area (TPSA) is 127 Å². The fourth-order valence-electron chi connectivity index (χ4n) is 5.77. The van der Waals surface area contributed by atoms with E-state index in [1.54, 1.807) is 42.5 Å². The van der Waals surface area contributed by atoms with E-state index in [1.165, 1.54) is 16.7 Å². The first kappa shape index (κ1) is 26.6. The third kappa shape index (κ3) is 4.79. The van der Waals surface area contributed by atoms with Crippen LogP contribution in [0, 0.1) is 11.8 Å². The number of carboxylic acid groups (broad SMARTS) is 1. The SMILES string of the molecule is C[C@@H](O)[C@H]1C(=O)N2C(C(=O)O)=C(S[C@H]3C[C@@H](C(=O)Nc4cccc(C=O)c4)N(Cc4cccs4)C3)[C@H](C)[C@H]12. The van der Waals surface area contributed by atoms with Crippen LogP contribution < -0.4 is 5.32 Å². The molecular weight excluding hydrogens is 526 g/mol. The number of nitrogens with zero attached hydrogens (tertiary/aromatic N) is 2. The number of hydrogen-bond acceptors (Lipinski definition) is 8. The Balaban J connectivity index is 1.37. The molecule has 4 heterocycles. The number of thioether (sulfide) groups is 1. The highest BCUT2D eigenvalue weighted by Crippen LogP contribution is 2.52. The van der Waals surface area contributed by atoms with E-state index in [4.69, 9.17) is 0 Å². The van der Waals surface area contributed by atoms with Gasteiger partial charge in [-0.1, -0.05) is 25.1 Å². The quantitative estimate of drug-likeness (QED) is 0.318. The molecule has 200 valence electrons. The fourth-order valence-corrected chi connectivity index (χ4v) is 8.06. The molecule has 6 atom stereocenters. The lowest BCUT2D eigenvalue weighted by molar-refractivity contribution is -0.163. The number of aliphatic hydroxyl groups excluding tert-OH is 1. The van der Waals surface area contributed by atoms with Crippen LogP contribution in [0.4, 0.5) is 5.69 Å². The summed E-state index contributed by atoms with van der Waals surface area (Å²) < 4.78 is 0. The van der Waals surface area contributed by atoms with Crippen LogP contribution >= 0.6 is 23.1 Å². The summed E-state index contributed by atoms with van der Waals surface area (Å²) >= 11 is 3.04. The summed E-state index contributed by atoms with van der Waals surface area (Å²) in [6, 6.07) is 9.90. The molecule has 38 heavy (non-hydrogen) atoms. The molecule has 0 radical (unpaired) electrons. The highest BCUT2D eigenvalue weighted by atomic mass is 32.2. The lowest BCUT2D eigenvalue weighted by atomic mass is 9.79. The number of hydrogen-bond donors (Lipinski definition) is 3. The van der Waals surface area contributed by atoms with Gasteiger partial charge in [0.1, 0.15) is 12.0 Å². The summed E-state index contributed by atoms with van der Waals surface area (Å²) in [7, 11) is 0. The number of likely N-dealkylation sites (tertiary alicyclic amines) is 1. The summed E-state index contributed by atoms with van der Waals surface area (Å²) in [6.07, 6.45) is 0.369. The number of aldehydes is 1. The number of rotatable bonds is 9. The molecule has 2 aromatic rings. The van der Waals surface area contributed by atoms with Gasteiger partial charge in [0.2, 0.25) is 11.8 Å². The Hall–Kier alpha value is -2.99. The molecule has 1 aromatic heterocycles. The first-order chi connectivity index (χ1) is 18.2. The normalized spacial score (nSPS) is 27.7. The lowest BCUT2D eigenvalue weighted by Crippen LogP contribution is -2.63. The third-order valence-electron chi connectivity index (χ3n) is 7.50. The van der Waals surface area contributed by atoms with Crippen molar-refractivity contribution in [2.45, 2.75) is 50.3 Å². The number of thiophene rings is 1. The number of aliphatic hydroxyl groups is 1. The molecule has 0 saturated carbocycles. The molecule has 3 aliphatic rings. The van der Waals surface area contributed by atoms with Crippen molar-refractivity contribution < 1.29 is 29.4 Å². The molecule has 2 saturated heterocycles. The number of benzene rings is 1. The van der Waals surface area contributed by atoms with Crippen molar-refractivity contribution in [1.29, 1.82) is 0 Å². The molecule has 0 spiro atoms. The molecule has 5 rings (SSSR count). The zero-order valence-corrected chi connectivity index (χ0v) is 22.6. The van der Waals surface area contributed by atoms with Gasteiger partial charge in [-0.05, 0) is 36.9 Å². The Bertz CT molecular complexity index is 1290. The zero-order valence-electron chi connectivity index (χ0n) is 20.9. The van der Waals surface area contributed by atoms with Crippen molar-refractivity contribution >= 4 is 52.9 Å². The van der Waals surface area contributed by atoms with Crippen LogP contribution in [0.1, 0.15) is 35.5 Å². The van der Waals surface area contributed by atoms with Crippen molar-refractivity contribution in [2.24, 2.45) is 11.8 Å². The van der Waals surface area contributed by atoms with E-state index in [9.17, 15) is 29.4 Å². The van der Waals surface area contributed by atoms with E-state index >= 15 is 0 Å². The van der Waals surface area contributed by atoms with Crippen LogP contribution in [0.2, 0.25) is 0 Å². The molecule has 1 aromatic carbocycles. The lowest BCUT2D eigenvalue weighted by Gasteiger charge is -2.46. The Morgan fingerprint density at radius 1 is 1.29 bits per heavy atom. The monoisotopic (exact) mass is 555 g/mol. The van der Waals surface area contributed by atoms with E-state index in [-0.39, 0.29) is 34.7 Å². The number of nitrogens with one attached hydrogen (secondary N) is 1. The maximum atomic E-state index is 13.4. The maximum absolute atomic E-state index is 13.4. The van der Waals surface area contributed by atoms with Crippen molar-refractivity contribution in [1.82, 2.24) is 9.80 Å². The van der Waals surface area contributed by atoms with Gasteiger partial charge in [0, 0.05) is 45.3 Å². The molecule has 0 bridgehead atoms.